The maximum absolute atomic E-state index is 10.2. The molecule has 1 aromatic rings. The second-order valence-corrected chi connectivity index (χ2v) is 3.15. The molecule has 0 aliphatic carbocycles. The van der Waals surface area contributed by atoms with E-state index < -0.39 is 6.09 Å². The molecule has 0 aromatic heterocycles. The Balaban J connectivity index is 2.68. The molecule has 70 valence electrons. The Morgan fingerprint density at radius 1 is 1.62 bits per heavy atom. The van der Waals surface area contributed by atoms with E-state index in [4.69, 9.17) is 16.7 Å². The van der Waals surface area contributed by atoms with Gasteiger partial charge in [-0.25, -0.2) is 4.79 Å². The first kappa shape index (κ1) is 9.86. The lowest BCUT2D eigenvalue weighted by molar-refractivity contribution is 0.194. The molecule has 0 saturated heterocycles. The van der Waals surface area contributed by atoms with Gasteiger partial charge in [0, 0.05) is 11.6 Å². The monoisotopic (exact) mass is 199 g/mol. The van der Waals surface area contributed by atoms with Crippen molar-refractivity contribution in [1.29, 1.82) is 0 Å². The Hall–Kier alpha value is -1.22. The Morgan fingerprint density at radius 3 is 2.85 bits per heavy atom. The number of benzene rings is 1. The average molecular weight is 200 g/mol. The predicted molar refractivity (Wildman–Crippen MR) is 51.1 cm³/mol. The van der Waals surface area contributed by atoms with Crippen LogP contribution < -0.4 is 5.32 Å². The summed E-state index contributed by atoms with van der Waals surface area (Å²) in [5.74, 6) is 0. The second kappa shape index (κ2) is 4.14. The topological polar surface area (TPSA) is 49.3 Å². The van der Waals surface area contributed by atoms with Crippen LogP contribution in [0.3, 0.4) is 0 Å². The average Bonchev–Trinajstić information content (AvgIpc) is 2.07. The predicted octanol–water partition coefficient (Wildman–Crippen LogP) is 2.42. The molecule has 4 heteroatoms. The van der Waals surface area contributed by atoms with Gasteiger partial charge < -0.3 is 10.4 Å². The van der Waals surface area contributed by atoms with E-state index in [0.717, 1.165) is 11.1 Å². The van der Waals surface area contributed by atoms with E-state index in [-0.39, 0.29) is 6.54 Å². The van der Waals surface area contributed by atoms with E-state index in [1.54, 1.807) is 6.07 Å². The zero-order valence-corrected chi connectivity index (χ0v) is 7.93. The van der Waals surface area contributed by atoms with Crippen LogP contribution >= 0.6 is 11.6 Å². The highest BCUT2D eigenvalue weighted by molar-refractivity contribution is 6.31. The fourth-order valence-corrected chi connectivity index (χ4v) is 1.13. The van der Waals surface area contributed by atoms with E-state index in [0.29, 0.717) is 5.02 Å². The van der Waals surface area contributed by atoms with Crippen molar-refractivity contribution in [3.63, 3.8) is 0 Å². The molecule has 0 radical (unpaired) electrons. The van der Waals surface area contributed by atoms with Crippen molar-refractivity contribution in [2.24, 2.45) is 0 Å². The fourth-order valence-electron chi connectivity index (χ4n) is 0.924. The fraction of sp³-hybridized carbons (Fsp3) is 0.222. The summed E-state index contributed by atoms with van der Waals surface area (Å²) in [5.41, 5.74) is 1.85. The number of hydrogen-bond donors (Lipinski definition) is 2. The summed E-state index contributed by atoms with van der Waals surface area (Å²) in [5, 5.41) is 11.3. The van der Waals surface area contributed by atoms with Gasteiger partial charge in [0.2, 0.25) is 0 Å². The number of carbonyl (C=O) groups is 1. The van der Waals surface area contributed by atoms with E-state index >= 15 is 0 Å². The third kappa shape index (κ3) is 2.95. The largest absolute Gasteiger partial charge is 0.465 e. The van der Waals surface area contributed by atoms with Gasteiger partial charge in [0.25, 0.3) is 0 Å². The maximum atomic E-state index is 10.2. The molecule has 1 rings (SSSR count). The summed E-state index contributed by atoms with van der Waals surface area (Å²) in [6, 6.07) is 5.46. The van der Waals surface area contributed by atoms with Crippen LogP contribution in [0.2, 0.25) is 5.02 Å². The van der Waals surface area contributed by atoms with Crippen LogP contribution in [-0.2, 0) is 6.54 Å². The van der Waals surface area contributed by atoms with Gasteiger partial charge in [-0.3, -0.25) is 0 Å². The maximum Gasteiger partial charge on any atom is 0.404 e. The van der Waals surface area contributed by atoms with Crippen LogP contribution in [0.15, 0.2) is 18.2 Å². The molecule has 13 heavy (non-hydrogen) atoms. The molecule has 0 spiro atoms. The summed E-state index contributed by atoms with van der Waals surface area (Å²) in [7, 11) is 0. The van der Waals surface area contributed by atoms with Crippen molar-refractivity contribution in [3.8, 4) is 0 Å². The number of nitrogens with one attached hydrogen (secondary N) is 1. The number of rotatable bonds is 2. The van der Waals surface area contributed by atoms with Crippen LogP contribution in [-0.4, -0.2) is 11.2 Å². The first-order chi connectivity index (χ1) is 6.09. The van der Waals surface area contributed by atoms with Crippen LogP contribution in [0.4, 0.5) is 4.79 Å². The van der Waals surface area contributed by atoms with E-state index in [1.807, 2.05) is 19.1 Å². The van der Waals surface area contributed by atoms with E-state index in [2.05, 4.69) is 5.32 Å². The highest BCUT2D eigenvalue weighted by Crippen LogP contribution is 2.16. The SMILES string of the molecule is Cc1ccc(CNC(=O)O)cc1Cl. The van der Waals surface area contributed by atoms with Gasteiger partial charge in [0.1, 0.15) is 0 Å². The minimum atomic E-state index is -1.03. The third-order valence-corrected chi connectivity index (χ3v) is 2.09. The summed E-state index contributed by atoms with van der Waals surface area (Å²) >= 11 is 5.85. The van der Waals surface area contributed by atoms with Gasteiger partial charge in [0.15, 0.2) is 0 Å². The highest BCUT2D eigenvalue weighted by Gasteiger charge is 1.99. The van der Waals surface area contributed by atoms with Crippen molar-refractivity contribution in [1.82, 2.24) is 5.32 Å². The quantitative estimate of drug-likeness (QED) is 0.769. The van der Waals surface area contributed by atoms with Crippen molar-refractivity contribution in [2.75, 3.05) is 0 Å². The van der Waals surface area contributed by atoms with E-state index in [1.165, 1.54) is 0 Å². The standard InChI is InChI=1S/C9H10ClNO2/c1-6-2-3-7(4-8(6)10)5-11-9(12)13/h2-4,11H,5H2,1H3,(H,12,13). The van der Waals surface area contributed by atoms with Gasteiger partial charge in [-0.2, -0.15) is 0 Å². The van der Waals surface area contributed by atoms with Crippen molar-refractivity contribution in [3.05, 3.63) is 34.3 Å². The lowest BCUT2D eigenvalue weighted by atomic mass is 10.1. The van der Waals surface area contributed by atoms with E-state index in [9.17, 15) is 4.79 Å². The first-order valence-corrected chi connectivity index (χ1v) is 4.19. The summed E-state index contributed by atoms with van der Waals surface area (Å²) in [6.45, 7) is 2.19. The number of hydrogen-bond acceptors (Lipinski definition) is 1. The Kier molecular flexibility index (Phi) is 3.14. The van der Waals surface area contributed by atoms with Crippen LogP contribution in [0.5, 0.6) is 0 Å². The lowest BCUT2D eigenvalue weighted by Crippen LogP contribution is -2.19. The number of carboxylic acid groups (broad SMARTS) is 1. The van der Waals surface area contributed by atoms with Gasteiger partial charge in [-0.1, -0.05) is 23.7 Å². The van der Waals surface area contributed by atoms with Gasteiger partial charge in [-0.15, -0.1) is 0 Å². The first-order valence-electron chi connectivity index (χ1n) is 3.81. The van der Waals surface area contributed by atoms with Gasteiger partial charge >= 0.3 is 6.09 Å². The minimum absolute atomic E-state index is 0.287. The van der Waals surface area contributed by atoms with Crippen LogP contribution in [0, 0.1) is 6.92 Å². The summed E-state index contributed by atoms with van der Waals surface area (Å²) in [4.78, 5) is 10.2. The Bertz CT molecular complexity index is 325. The van der Waals surface area contributed by atoms with Crippen molar-refractivity contribution < 1.29 is 9.90 Å². The molecule has 0 fully saturated rings. The molecular formula is C9H10ClNO2. The summed E-state index contributed by atoms with van der Waals surface area (Å²) < 4.78 is 0. The molecule has 2 N–H and O–H groups in total. The van der Waals surface area contributed by atoms with Gasteiger partial charge in [-0.05, 0) is 24.1 Å². The molecule has 0 saturated carbocycles. The van der Waals surface area contributed by atoms with Crippen LogP contribution in [0.25, 0.3) is 0 Å². The van der Waals surface area contributed by atoms with Gasteiger partial charge in [0.05, 0.1) is 0 Å². The minimum Gasteiger partial charge on any atom is -0.465 e. The molecule has 1 aromatic carbocycles. The summed E-state index contributed by atoms with van der Waals surface area (Å²) in [6.07, 6.45) is -1.03. The number of aryl methyl sites for hydroxylation is 1. The molecule has 0 aliphatic heterocycles. The zero-order valence-electron chi connectivity index (χ0n) is 7.17. The molecule has 0 bridgehead atoms. The van der Waals surface area contributed by atoms with Crippen molar-refractivity contribution in [2.45, 2.75) is 13.5 Å². The lowest BCUT2D eigenvalue weighted by Gasteiger charge is -2.03. The smallest absolute Gasteiger partial charge is 0.404 e. The number of amides is 1. The van der Waals surface area contributed by atoms with Crippen molar-refractivity contribution >= 4 is 17.7 Å². The number of halogens is 1. The Morgan fingerprint density at radius 2 is 2.31 bits per heavy atom. The molecular weight excluding hydrogens is 190 g/mol. The second-order valence-electron chi connectivity index (χ2n) is 2.74. The molecule has 0 unspecified atom stereocenters. The van der Waals surface area contributed by atoms with Crippen LogP contribution in [0.1, 0.15) is 11.1 Å². The zero-order chi connectivity index (χ0) is 9.84. The molecule has 0 aliphatic rings. The Labute approximate surface area is 81.3 Å². The highest BCUT2D eigenvalue weighted by atomic mass is 35.5. The molecule has 3 nitrogen and oxygen atoms in total. The third-order valence-electron chi connectivity index (χ3n) is 1.68. The molecule has 0 heterocycles. The molecule has 1 amide bonds. The molecule has 0 atom stereocenters. The normalized spacial score (nSPS) is 9.69.